The lowest BCUT2D eigenvalue weighted by atomic mass is 10.0. The van der Waals surface area contributed by atoms with Gasteiger partial charge >= 0.3 is 6.09 Å². The molecule has 0 bridgehead atoms. The Hall–Kier alpha value is -2.83. The summed E-state index contributed by atoms with van der Waals surface area (Å²) in [6.45, 7) is 2.16. The van der Waals surface area contributed by atoms with E-state index in [0.717, 1.165) is 23.9 Å². The van der Waals surface area contributed by atoms with Gasteiger partial charge in [0.15, 0.2) is 0 Å². The highest BCUT2D eigenvalue weighted by Gasteiger charge is 2.14. The molecule has 0 radical (unpaired) electrons. The fraction of sp³-hybridized carbons (Fsp3) is 0.312. The third-order valence-electron chi connectivity index (χ3n) is 3.74. The van der Waals surface area contributed by atoms with Crippen molar-refractivity contribution in [3.63, 3.8) is 0 Å². The molecule has 3 aromatic rings. The number of nitrogens with one attached hydrogen (secondary N) is 2. The zero-order valence-electron chi connectivity index (χ0n) is 13.1. The maximum absolute atomic E-state index is 11.3. The molecule has 2 heterocycles. The van der Waals surface area contributed by atoms with Crippen molar-refractivity contribution in [3.8, 4) is 0 Å². The molecule has 0 saturated carbocycles. The quantitative estimate of drug-likeness (QED) is 0.756. The summed E-state index contributed by atoms with van der Waals surface area (Å²) in [5.41, 5.74) is 2.83. The molecule has 120 valence electrons. The highest BCUT2D eigenvalue weighted by atomic mass is 16.5. The van der Waals surface area contributed by atoms with Gasteiger partial charge in [0, 0.05) is 12.4 Å². The average Bonchev–Trinajstić information content (AvgIpc) is 3.20. The van der Waals surface area contributed by atoms with Gasteiger partial charge in [-0.05, 0) is 24.1 Å². The van der Waals surface area contributed by atoms with E-state index in [1.165, 1.54) is 12.7 Å². The Morgan fingerprint density at radius 3 is 3.04 bits per heavy atom. The summed E-state index contributed by atoms with van der Waals surface area (Å²) in [4.78, 5) is 22.8. The number of aromatic nitrogens is 4. The molecule has 0 aliphatic rings. The Morgan fingerprint density at radius 2 is 2.35 bits per heavy atom. The van der Waals surface area contributed by atoms with Gasteiger partial charge in [-0.15, -0.1) is 0 Å². The van der Waals surface area contributed by atoms with E-state index in [0.29, 0.717) is 5.95 Å². The third-order valence-corrected chi connectivity index (χ3v) is 3.74. The monoisotopic (exact) mass is 313 g/mol. The van der Waals surface area contributed by atoms with Crippen LogP contribution in [0.15, 0.2) is 36.9 Å². The lowest BCUT2D eigenvalue weighted by Crippen LogP contribution is -2.11. The fourth-order valence-electron chi connectivity index (χ4n) is 2.66. The van der Waals surface area contributed by atoms with E-state index in [4.69, 9.17) is 0 Å². The molecule has 0 aliphatic carbocycles. The first-order chi connectivity index (χ1) is 11.2. The van der Waals surface area contributed by atoms with Gasteiger partial charge in [-0.2, -0.15) is 0 Å². The number of hydrogen-bond donors (Lipinski definition) is 2. The van der Waals surface area contributed by atoms with Crippen molar-refractivity contribution in [2.45, 2.75) is 25.8 Å². The van der Waals surface area contributed by atoms with E-state index in [2.05, 4.69) is 48.6 Å². The number of rotatable bonds is 5. The van der Waals surface area contributed by atoms with Gasteiger partial charge in [0.2, 0.25) is 5.95 Å². The van der Waals surface area contributed by atoms with Crippen molar-refractivity contribution in [2.75, 3.05) is 12.4 Å². The largest absolute Gasteiger partial charge is 0.453 e. The van der Waals surface area contributed by atoms with Crippen LogP contribution in [-0.2, 0) is 4.74 Å². The molecule has 1 amide bonds. The Balaban J connectivity index is 1.93. The molecule has 0 saturated heterocycles. The highest BCUT2D eigenvalue weighted by molar-refractivity contribution is 5.86. The molecule has 2 N–H and O–H groups in total. The standard InChI is InChI=1S/C16H19N5O2/c1-3-4-14(21-8-7-17-10-21)11-5-6-12-13(9-11)19-15(18-12)20-16(22)23-2/h5-10,14H,3-4H2,1-2H3,(H2,18,19,20,22). The number of methoxy groups -OCH3 is 1. The number of carbonyl (C=O) groups excluding carboxylic acids is 1. The van der Waals surface area contributed by atoms with Crippen LogP contribution in [0.4, 0.5) is 10.7 Å². The van der Waals surface area contributed by atoms with Crippen LogP contribution in [0.2, 0.25) is 0 Å². The van der Waals surface area contributed by atoms with E-state index >= 15 is 0 Å². The Morgan fingerprint density at radius 1 is 1.48 bits per heavy atom. The first kappa shape index (κ1) is 15.1. The number of anilines is 1. The Kier molecular flexibility index (Phi) is 4.27. The number of fused-ring (bicyclic) bond motifs is 1. The van der Waals surface area contributed by atoms with Crippen LogP contribution in [0.1, 0.15) is 31.4 Å². The molecule has 1 atom stereocenters. The molecule has 7 nitrogen and oxygen atoms in total. The zero-order chi connectivity index (χ0) is 16.2. The van der Waals surface area contributed by atoms with Gasteiger partial charge in [0.05, 0.1) is 30.5 Å². The first-order valence-corrected chi connectivity index (χ1v) is 7.53. The minimum Gasteiger partial charge on any atom is -0.453 e. The van der Waals surface area contributed by atoms with Gasteiger partial charge in [-0.1, -0.05) is 19.4 Å². The summed E-state index contributed by atoms with van der Waals surface area (Å²) in [5, 5.41) is 2.54. The maximum Gasteiger partial charge on any atom is 0.413 e. The van der Waals surface area contributed by atoms with E-state index in [9.17, 15) is 4.79 Å². The topological polar surface area (TPSA) is 84.8 Å². The maximum atomic E-state index is 11.3. The highest BCUT2D eigenvalue weighted by Crippen LogP contribution is 2.26. The number of amides is 1. The lowest BCUT2D eigenvalue weighted by Gasteiger charge is -2.18. The van der Waals surface area contributed by atoms with Crippen molar-refractivity contribution in [2.24, 2.45) is 0 Å². The number of H-pyrrole nitrogens is 1. The van der Waals surface area contributed by atoms with Crippen LogP contribution < -0.4 is 5.32 Å². The number of hydrogen-bond acceptors (Lipinski definition) is 4. The second-order valence-corrected chi connectivity index (χ2v) is 5.29. The van der Waals surface area contributed by atoms with Crippen LogP contribution >= 0.6 is 0 Å². The second-order valence-electron chi connectivity index (χ2n) is 5.29. The average molecular weight is 313 g/mol. The van der Waals surface area contributed by atoms with Gasteiger partial charge in [-0.25, -0.2) is 14.8 Å². The number of ether oxygens (including phenoxy) is 1. The molecule has 1 aromatic carbocycles. The molecule has 1 unspecified atom stereocenters. The summed E-state index contributed by atoms with van der Waals surface area (Å²) >= 11 is 0. The van der Waals surface area contributed by atoms with Crippen molar-refractivity contribution < 1.29 is 9.53 Å². The zero-order valence-corrected chi connectivity index (χ0v) is 13.1. The van der Waals surface area contributed by atoms with Crippen molar-refractivity contribution in [3.05, 3.63) is 42.5 Å². The molecule has 7 heteroatoms. The van der Waals surface area contributed by atoms with E-state index in [1.807, 2.05) is 18.6 Å². The minimum atomic E-state index is -0.549. The summed E-state index contributed by atoms with van der Waals surface area (Å²) in [6.07, 6.45) is 7.13. The molecular weight excluding hydrogens is 294 g/mol. The predicted octanol–water partition coefficient (Wildman–Crippen LogP) is 3.33. The lowest BCUT2D eigenvalue weighted by molar-refractivity contribution is 0.186. The molecule has 3 rings (SSSR count). The fourth-order valence-corrected chi connectivity index (χ4v) is 2.66. The minimum absolute atomic E-state index is 0.229. The van der Waals surface area contributed by atoms with Gasteiger partial charge in [-0.3, -0.25) is 5.32 Å². The molecule has 0 spiro atoms. The van der Waals surface area contributed by atoms with Gasteiger partial charge in [0.25, 0.3) is 0 Å². The first-order valence-electron chi connectivity index (χ1n) is 7.53. The number of nitrogens with zero attached hydrogens (tertiary/aromatic N) is 3. The molecule has 0 aliphatic heterocycles. The van der Waals surface area contributed by atoms with E-state index in [1.54, 1.807) is 6.20 Å². The summed E-state index contributed by atoms with van der Waals surface area (Å²) in [5.74, 6) is 0.374. The molecule has 2 aromatic heterocycles. The van der Waals surface area contributed by atoms with Crippen LogP contribution in [0, 0.1) is 0 Å². The van der Waals surface area contributed by atoms with Crippen LogP contribution in [0.5, 0.6) is 0 Å². The molecule has 23 heavy (non-hydrogen) atoms. The number of benzene rings is 1. The third kappa shape index (κ3) is 3.18. The number of imidazole rings is 2. The van der Waals surface area contributed by atoms with Gasteiger partial charge in [0.1, 0.15) is 0 Å². The smallest absolute Gasteiger partial charge is 0.413 e. The predicted molar refractivity (Wildman–Crippen MR) is 87.4 cm³/mol. The normalized spacial score (nSPS) is 12.3. The number of aromatic amines is 1. The second kappa shape index (κ2) is 6.51. The number of carbonyl (C=O) groups is 1. The van der Waals surface area contributed by atoms with Crippen LogP contribution in [-0.4, -0.2) is 32.7 Å². The Bertz CT molecular complexity index is 794. The van der Waals surface area contributed by atoms with E-state index < -0.39 is 6.09 Å². The molecule has 0 fully saturated rings. The molecular formula is C16H19N5O2. The summed E-state index contributed by atoms with van der Waals surface area (Å²) in [7, 11) is 1.32. The van der Waals surface area contributed by atoms with Gasteiger partial charge < -0.3 is 14.3 Å². The Labute approximate surface area is 133 Å². The van der Waals surface area contributed by atoms with E-state index in [-0.39, 0.29) is 6.04 Å². The summed E-state index contributed by atoms with van der Waals surface area (Å²) in [6, 6.07) is 6.30. The van der Waals surface area contributed by atoms with Crippen molar-refractivity contribution in [1.29, 1.82) is 0 Å². The van der Waals surface area contributed by atoms with Crippen molar-refractivity contribution >= 4 is 23.1 Å². The summed E-state index contributed by atoms with van der Waals surface area (Å²) < 4.78 is 6.68. The van der Waals surface area contributed by atoms with Crippen LogP contribution in [0.3, 0.4) is 0 Å². The SMILES string of the molecule is CCCC(c1ccc2nc(NC(=O)OC)[nH]c2c1)n1ccnc1. The van der Waals surface area contributed by atoms with Crippen molar-refractivity contribution in [1.82, 2.24) is 19.5 Å². The van der Waals surface area contributed by atoms with Crippen LogP contribution in [0.25, 0.3) is 11.0 Å².